The second-order valence-electron chi connectivity index (χ2n) is 5.18. The summed E-state index contributed by atoms with van der Waals surface area (Å²) in [7, 11) is 0. The van der Waals surface area contributed by atoms with E-state index in [2.05, 4.69) is 20.9 Å². The summed E-state index contributed by atoms with van der Waals surface area (Å²) >= 11 is 0. The molecule has 20 heavy (non-hydrogen) atoms. The van der Waals surface area contributed by atoms with Crippen LogP contribution >= 0.6 is 0 Å². The largest absolute Gasteiger partial charge is 0.340 e. The third-order valence-electron chi connectivity index (χ3n) is 3.86. The standard InChI is InChI=1S/C15H20N4O/c1-12-17-13-4-2-3-5-14(13)19(12)9-6-15(20)18-10-7-16-8-11-18/h2-5,16H,6-11H2,1H3. The predicted molar refractivity (Wildman–Crippen MR) is 78.5 cm³/mol. The highest BCUT2D eigenvalue weighted by Crippen LogP contribution is 2.16. The third-order valence-corrected chi connectivity index (χ3v) is 3.86. The lowest BCUT2D eigenvalue weighted by Crippen LogP contribution is -2.46. The van der Waals surface area contributed by atoms with E-state index >= 15 is 0 Å². The zero-order chi connectivity index (χ0) is 13.9. The van der Waals surface area contributed by atoms with Crippen LogP contribution in [0.15, 0.2) is 24.3 Å². The van der Waals surface area contributed by atoms with E-state index in [0.717, 1.165) is 43.0 Å². The molecule has 106 valence electrons. The fraction of sp³-hybridized carbons (Fsp3) is 0.467. The number of carbonyl (C=O) groups is 1. The van der Waals surface area contributed by atoms with Crippen LogP contribution in [-0.4, -0.2) is 46.5 Å². The first-order valence-corrected chi connectivity index (χ1v) is 7.16. The number of nitrogens with one attached hydrogen (secondary N) is 1. The summed E-state index contributed by atoms with van der Waals surface area (Å²) in [6.07, 6.45) is 0.543. The van der Waals surface area contributed by atoms with Crippen molar-refractivity contribution in [1.29, 1.82) is 0 Å². The first kappa shape index (κ1) is 13.1. The molecule has 1 N–H and O–H groups in total. The van der Waals surface area contributed by atoms with E-state index in [1.807, 2.05) is 30.0 Å². The molecular formula is C15H20N4O. The number of para-hydroxylation sites is 2. The monoisotopic (exact) mass is 272 g/mol. The predicted octanol–water partition coefficient (Wildman–Crippen LogP) is 1.17. The van der Waals surface area contributed by atoms with Gasteiger partial charge in [-0.1, -0.05) is 12.1 Å². The van der Waals surface area contributed by atoms with Crippen LogP contribution in [-0.2, 0) is 11.3 Å². The summed E-state index contributed by atoms with van der Waals surface area (Å²) in [5, 5.41) is 3.26. The van der Waals surface area contributed by atoms with Crippen molar-refractivity contribution >= 4 is 16.9 Å². The van der Waals surface area contributed by atoms with Crippen molar-refractivity contribution in [3.63, 3.8) is 0 Å². The number of nitrogens with zero attached hydrogens (tertiary/aromatic N) is 3. The van der Waals surface area contributed by atoms with Crippen LogP contribution in [0.25, 0.3) is 11.0 Å². The Morgan fingerprint density at radius 1 is 1.30 bits per heavy atom. The van der Waals surface area contributed by atoms with Gasteiger partial charge in [-0.3, -0.25) is 4.79 Å². The molecule has 0 saturated carbocycles. The molecule has 1 aliphatic rings. The summed E-state index contributed by atoms with van der Waals surface area (Å²) in [6.45, 7) is 6.15. The Balaban J connectivity index is 1.70. The van der Waals surface area contributed by atoms with Gasteiger partial charge in [-0.05, 0) is 19.1 Å². The number of hydrogen-bond donors (Lipinski definition) is 1. The molecule has 5 heteroatoms. The number of amides is 1. The molecule has 1 fully saturated rings. The maximum Gasteiger partial charge on any atom is 0.224 e. The van der Waals surface area contributed by atoms with Gasteiger partial charge in [-0.2, -0.15) is 0 Å². The average molecular weight is 272 g/mol. The quantitative estimate of drug-likeness (QED) is 0.912. The number of benzene rings is 1. The van der Waals surface area contributed by atoms with Crippen molar-refractivity contribution in [2.45, 2.75) is 19.9 Å². The third kappa shape index (κ3) is 2.54. The Labute approximate surface area is 118 Å². The minimum absolute atomic E-state index is 0.240. The van der Waals surface area contributed by atoms with Crippen LogP contribution in [0.1, 0.15) is 12.2 Å². The van der Waals surface area contributed by atoms with Crippen LogP contribution < -0.4 is 5.32 Å². The van der Waals surface area contributed by atoms with Crippen LogP contribution in [0.4, 0.5) is 0 Å². The lowest BCUT2D eigenvalue weighted by atomic mass is 10.3. The van der Waals surface area contributed by atoms with Crippen molar-refractivity contribution in [3.8, 4) is 0 Å². The Hall–Kier alpha value is -1.88. The zero-order valence-corrected chi connectivity index (χ0v) is 11.8. The van der Waals surface area contributed by atoms with E-state index in [4.69, 9.17) is 0 Å². The van der Waals surface area contributed by atoms with Gasteiger partial charge in [0.15, 0.2) is 0 Å². The Kier molecular flexibility index (Phi) is 3.69. The van der Waals surface area contributed by atoms with E-state index in [0.29, 0.717) is 13.0 Å². The van der Waals surface area contributed by atoms with Gasteiger partial charge in [-0.25, -0.2) is 4.98 Å². The maximum atomic E-state index is 12.2. The number of carbonyl (C=O) groups excluding carboxylic acids is 1. The summed E-state index contributed by atoms with van der Waals surface area (Å²) in [6, 6.07) is 8.07. The molecule has 0 bridgehead atoms. The molecule has 3 rings (SSSR count). The van der Waals surface area contributed by atoms with Gasteiger partial charge in [-0.15, -0.1) is 0 Å². The number of aromatic nitrogens is 2. The molecule has 2 heterocycles. The first-order valence-electron chi connectivity index (χ1n) is 7.16. The smallest absolute Gasteiger partial charge is 0.224 e. The molecule has 0 aliphatic carbocycles. The molecule has 1 aliphatic heterocycles. The maximum absolute atomic E-state index is 12.2. The van der Waals surface area contributed by atoms with E-state index in [9.17, 15) is 4.79 Å². The van der Waals surface area contributed by atoms with Gasteiger partial charge in [0.2, 0.25) is 5.91 Å². The number of rotatable bonds is 3. The van der Waals surface area contributed by atoms with E-state index in [-0.39, 0.29) is 5.91 Å². The van der Waals surface area contributed by atoms with Gasteiger partial charge in [0.05, 0.1) is 11.0 Å². The van der Waals surface area contributed by atoms with Crippen LogP contribution in [0.2, 0.25) is 0 Å². The SMILES string of the molecule is Cc1nc2ccccc2n1CCC(=O)N1CCNCC1. The van der Waals surface area contributed by atoms with Crippen molar-refractivity contribution in [2.24, 2.45) is 0 Å². The van der Waals surface area contributed by atoms with E-state index < -0.39 is 0 Å². The summed E-state index contributed by atoms with van der Waals surface area (Å²) < 4.78 is 2.13. The fourth-order valence-corrected chi connectivity index (χ4v) is 2.76. The van der Waals surface area contributed by atoms with Gasteiger partial charge in [0.1, 0.15) is 5.82 Å². The topological polar surface area (TPSA) is 50.2 Å². The van der Waals surface area contributed by atoms with Gasteiger partial charge >= 0.3 is 0 Å². The van der Waals surface area contributed by atoms with E-state index in [1.165, 1.54) is 0 Å². The molecule has 0 radical (unpaired) electrons. The van der Waals surface area contributed by atoms with Crippen LogP contribution in [0, 0.1) is 6.92 Å². The molecule has 0 spiro atoms. The number of fused-ring (bicyclic) bond motifs is 1. The second kappa shape index (κ2) is 5.63. The zero-order valence-electron chi connectivity index (χ0n) is 11.8. The molecule has 1 aromatic carbocycles. The number of hydrogen-bond acceptors (Lipinski definition) is 3. The van der Waals surface area contributed by atoms with Gasteiger partial charge in [0.25, 0.3) is 0 Å². The Bertz CT molecular complexity index is 613. The molecule has 1 saturated heterocycles. The van der Waals surface area contributed by atoms with Crippen molar-refractivity contribution in [1.82, 2.24) is 19.8 Å². The minimum Gasteiger partial charge on any atom is -0.340 e. The second-order valence-corrected chi connectivity index (χ2v) is 5.18. The highest BCUT2D eigenvalue weighted by Gasteiger charge is 2.16. The Morgan fingerprint density at radius 2 is 2.05 bits per heavy atom. The lowest BCUT2D eigenvalue weighted by molar-refractivity contribution is -0.131. The summed E-state index contributed by atoms with van der Waals surface area (Å²) in [5.41, 5.74) is 2.11. The summed E-state index contributed by atoms with van der Waals surface area (Å²) in [5.74, 6) is 1.21. The molecule has 0 atom stereocenters. The average Bonchev–Trinajstić information content (AvgIpc) is 2.81. The molecule has 1 aromatic heterocycles. The van der Waals surface area contributed by atoms with Crippen LogP contribution in [0.5, 0.6) is 0 Å². The highest BCUT2D eigenvalue weighted by atomic mass is 16.2. The van der Waals surface area contributed by atoms with E-state index in [1.54, 1.807) is 0 Å². The van der Waals surface area contributed by atoms with Gasteiger partial charge in [0, 0.05) is 39.1 Å². The van der Waals surface area contributed by atoms with Gasteiger partial charge < -0.3 is 14.8 Å². The number of aryl methyl sites for hydroxylation is 2. The van der Waals surface area contributed by atoms with Crippen molar-refractivity contribution in [3.05, 3.63) is 30.1 Å². The molecular weight excluding hydrogens is 252 g/mol. The van der Waals surface area contributed by atoms with Crippen molar-refractivity contribution < 1.29 is 4.79 Å². The normalized spacial score (nSPS) is 15.8. The van der Waals surface area contributed by atoms with Crippen molar-refractivity contribution in [2.75, 3.05) is 26.2 Å². The summed E-state index contributed by atoms with van der Waals surface area (Å²) in [4.78, 5) is 18.7. The number of piperazine rings is 1. The fourth-order valence-electron chi connectivity index (χ4n) is 2.76. The minimum atomic E-state index is 0.240. The molecule has 1 amide bonds. The first-order chi connectivity index (χ1) is 9.75. The Morgan fingerprint density at radius 3 is 2.85 bits per heavy atom. The highest BCUT2D eigenvalue weighted by molar-refractivity contribution is 5.78. The molecule has 5 nitrogen and oxygen atoms in total. The number of imidazole rings is 1. The molecule has 2 aromatic rings. The van der Waals surface area contributed by atoms with Crippen LogP contribution in [0.3, 0.4) is 0 Å². The lowest BCUT2D eigenvalue weighted by Gasteiger charge is -2.27. The molecule has 0 unspecified atom stereocenters.